The van der Waals surface area contributed by atoms with Crippen molar-refractivity contribution in [2.45, 2.75) is 46.2 Å². The molecule has 1 N–H and O–H groups in total. The van der Waals surface area contributed by atoms with Crippen molar-refractivity contribution in [3.63, 3.8) is 0 Å². The quantitative estimate of drug-likeness (QED) is 0.903. The molecule has 1 aromatic heterocycles. The third-order valence-corrected chi connectivity index (χ3v) is 4.48. The first kappa shape index (κ1) is 13.1. The van der Waals surface area contributed by atoms with Gasteiger partial charge in [-0.1, -0.05) is 20.8 Å². The summed E-state index contributed by atoms with van der Waals surface area (Å²) in [7, 11) is 2.05. The molecule has 2 atom stereocenters. The molecule has 0 spiro atoms. The van der Waals surface area contributed by atoms with Crippen molar-refractivity contribution in [1.82, 2.24) is 15.1 Å². The monoisotopic (exact) mass is 299 g/mol. The summed E-state index contributed by atoms with van der Waals surface area (Å²) in [6.07, 6.45) is 4.33. The molecular weight excluding hydrogens is 278 g/mol. The van der Waals surface area contributed by atoms with Crippen LogP contribution in [0.4, 0.5) is 0 Å². The number of halogens is 1. The topological polar surface area (TPSA) is 29.9 Å². The van der Waals surface area contributed by atoms with E-state index in [2.05, 4.69) is 58.8 Å². The number of hydrogen-bond acceptors (Lipinski definition) is 2. The van der Waals surface area contributed by atoms with Gasteiger partial charge in [0, 0.05) is 6.54 Å². The molecule has 96 valence electrons. The van der Waals surface area contributed by atoms with Crippen LogP contribution in [0.15, 0.2) is 10.7 Å². The van der Waals surface area contributed by atoms with Gasteiger partial charge < -0.3 is 5.32 Å². The average molecular weight is 300 g/mol. The van der Waals surface area contributed by atoms with Gasteiger partial charge in [0.2, 0.25) is 0 Å². The number of nitrogens with zero attached hydrogens (tertiary/aromatic N) is 2. The minimum absolute atomic E-state index is 0.411. The molecule has 2 rings (SSSR count). The Hall–Kier alpha value is -0.350. The van der Waals surface area contributed by atoms with Crippen LogP contribution >= 0.6 is 15.9 Å². The summed E-state index contributed by atoms with van der Waals surface area (Å²) >= 11 is 3.64. The third-order valence-electron chi connectivity index (χ3n) is 3.87. The van der Waals surface area contributed by atoms with E-state index >= 15 is 0 Å². The summed E-state index contributed by atoms with van der Waals surface area (Å²) in [5.74, 6) is 0.719. The Balaban J connectivity index is 2.27. The van der Waals surface area contributed by atoms with Crippen molar-refractivity contribution in [1.29, 1.82) is 0 Å². The van der Waals surface area contributed by atoms with Gasteiger partial charge in [0.15, 0.2) is 0 Å². The average Bonchev–Trinajstić information content (AvgIpc) is 2.74. The normalized spacial score (nSPS) is 23.7. The smallest absolute Gasteiger partial charge is 0.0698 e. The predicted molar refractivity (Wildman–Crippen MR) is 73.9 cm³/mol. The van der Waals surface area contributed by atoms with Crippen LogP contribution in [0.1, 0.15) is 45.3 Å². The van der Waals surface area contributed by atoms with Gasteiger partial charge in [-0.05, 0) is 47.2 Å². The SMILES string of the molecule is CCCn1ncc(Br)c1C(NC)C1CC1(C)C. The van der Waals surface area contributed by atoms with Crippen molar-refractivity contribution in [3.05, 3.63) is 16.4 Å². The first-order chi connectivity index (χ1) is 8.01. The zero-order valence-electron chi connectivity index (χ0n) is 11.1. The number of hydrogen-bond donors (Lipinski definition) is 1. The lowest BCUT2D eigenvalue weighted by Crippen LogP contribution is -2.24. The van der Waals surface area contributed by atoms with E-state index in [1.807, 2.05) is 6.20 Å². The Bertz CT molecular complexity index is 397. The summed E-state index contributed by atoms with van der Waals surface area (Å²) in [5.41, 5.74) is 1.78. The minimum Gasteiger partial charge on any atom is -0.311 e. The minimum atomic E-state index is 0.411. The van der Waals surface area contributed by atoms with Crippen LogP contribution in [0.5, 0.6) is 0 Å². The molecule has 3 nitrogen and oxygen atoms in total. The molecule has 1 aliphatic carbocycles. The van der Waals surface area contributed by atoms with Crippen LogP contribution in [0.2, 0.25) is 0 Å². The lowest BCUT2D eigenvalue weighted by molar-refractivity contribution is 0.407. The molecule has 0 aromatic carbocycles. The fourth-order valence-electron chi connectivity index (χ4n) is 2.68. The van der Waals surface area contributed by atoms with Crippen molar-refractivity contribution in [2.24, 2.45) is 11.3 Å². The standard InChI is InChI=1S/C13H22BrN3/c1-5-6-17-12(10(14)8-16-17)11(15-4)9-7-13(9,2)3/h8-9,11,15H,5-7H2,1-4H3. The highest BCUT2D eigenvalue weighted by Gasteiger charge is 2.51. The molecule has 1 fully saturated rings. The van der Waals surface area contributed by atoms with E-state index in [1.54, 1.807) is 0 Å². The number of aryl methyl sites for hydroxylation is 1. The summed E-state index contributed by atoms with van der Waals surface area (Å²) in [6.45, 7) is 7.87. The summed E-state index contributed by atoms with van der Waals surface area (Å²) in [6, 6.07) is 0.411. The molecule has 1 aromatic rings. The van der Waals surface area contributed by atoms with Gasteiger partial charge in [-0.25, -0.2) is 0 Å². The van der Waals surface area contributed by atoms with Crippen LogP contribution in [-0.4, -0.2) is 16.8 Å². The van der Waals surface area contributed by atoms with E-state index in [0.29, 0.717) is 11.5 Å². The maximum Gasteiger partial charge on any atom is 0.0698 e. The Kier molecular flexibility index (Phi) is 3.64. The molecule has 0 aliphatic heterocycles. The fraction of sp³-hybridized carbons (Fsp3) is 0.769. The number of nitrogens with one attached hydrogen (secondary N) is 1. The van der Waals surface area contributed by atoms with Crippen LogP contribution < -0.4 is 5.32 Å². The van der Waals surface area contributed by atoms with E-state index in [1.165, 1.54) is 12.1 Å². The molecule has 2 unspecified atom stereocenters. The van der Waals surface area contributed by atoms with Gasteiger partial charge in [0.25, 0.3) is 0 Å². The maximum atomic E-state index is 4.46. The largest absolute Gasteiger partial charge is 0.311 e. The van der Waals surface area contributed by atoms with Gasteiger partial charge in [-0.3, -0.25) is 4.68 Å². The van der Waals surface area contributed by atoms with E-state index in [0.717, 1.165) is 23.4 Å². The summed E-state index contributed by atoms with van der Waals surface area (Å²) < 4.78 is 3.27. The Morgan fingerprint density at radius 3 is 2.76 bits per heavy atom. The predicted octanol–water partition coefficient (Wildman–Crippen LogP) is 3.36. The summed E-state index contributed by atoms with van der Waals surface area (Å²) in [5, 5.41) is 7.93. The second-order valence-corrected chi connectivity index (χ2v) is 6.52. The van der Waals surface area contributed by atoms with Crippen LogP contribution in [0.25, 0.3) is 0 Å². The van der Waals surface area contributed by atoms with Gasteiger partial charge >= 0.3 is 0 Å². The van der Waals surface area contributed by atoms with Crippen molar-refractivity contribution < 1.29 is 0 Å². The van der Waals surface area contributed by atoms with Crippen molar-refractivity contribution in [2.75, 3.05) is 7.05 Å². The molecule has 4 heteroatoms. The van der Waals surface area contributed by atoms with E-state index in [4.69, 9.17) is 0 Å². The van der Waals surface area contributed by atoms with Crippen LogP contribution in [0, 0.1) is 11.3 Å². The second-order valence-electron chi connectivity index (χ2n) is 5.67. The Morgan fingerprint density at radius 1 is 1.65 bits per heavy atom. The van der Waals surface area contributed by atoms with Gasteiger partial charge in [0.1, 0.15) is 0 Å². The molecule has 0 bridgehead atoms. The van der Waals surface area contributed by atoms with Crippen LogP contribution in [-0.2, 0) is 6.54 Å². The van der Waals surface area contributed by atoms with Gasteiger partial charge in [-0.15, -0.1) is 0 Å². The maximum absolute atomic E-state index is 4.46. The summed E-state index contributed by atoms with van der Waals surface area (Å²) in [4.78, 5) is 0. The zero-order valence-corrected chi connectivity index (χ0v) is 12.7. The highest BCUT2D eigenvalue weighted by Crippen LogP contribution is 2.58. The Labute approximate surface area is 112 Å². The molecule has 1 saturated carbocycles. The zero-order chi connectivity index (χ0) is 12.6. The lowest BCUT2D eigenvalue weighted by atomic mass is 10.0. The van der Waals surface area contributed by atoms with Gasteiger partial charge in [0.05, 0.1) is 22.4 Å². The molecule has 0 saturated heterocycles. The first-order valence-electron chi connectivity index (χ1n) is 6.39. The fourth-order valence-corrected chi connectivity index (χ4v) is 3.22. The van der Waals surface area contributed by atoms with Crippen molar-refractivity contribution >= 4 is 15.9 Å². The van der Waals surface area contributed by atoms with E-state index in [9.17, 15) is 0 Å². The second kappa shape index (κ2) is 4.73. The first-order valence-corrected chi connectivity index (χ1v) is 7.19. The Morgan fingerprint density at radius 2 is 2.29 bits per heavy atom. The molecule has 0 radical (unpaired) electrons. The van der Waals surface area contributed by atoms with Gasteiger partial charge in [-0.2, -0.15) is 5.10 Å². The van der Waals surface area contributed by atoms with Crippen molar-refractivity contribution in [3.8, 4) is 0 Å². The molecule has 1 heterocycles. The molecular formula is C13H22BrN3. The highest BCUT2D eigenvalue weighted by molar-refractivity contribution is 9.10. The molecule has 1 aliphatic rings. The van der Waals surface area contributed by atoms with Crippen LogP contribution in [0.3, 0.4) is 0 Å². The molecule has 0 amide bonds. The third kappa shape index (κ3) is 2.43. The lowest BCUT2D eigenvalue weighted by Gasteiger charge is -2.20. The number of aromatic nitrogens is 2. The van der Waals surface area contributed by atoms with E-state index in [-0.39, 0.29) is 0 Å². The van der Waals surface area contributed by atoms with E-state index < -0.39 is 0 Å². The number of rotatable bonds is 5. The molecule has 17 heavy (non-hydrogen) atoms. The highest BCUT2D eigenvalue weighted by atomic mass is 79.9.